The van der Waals surface area contributed by atoms with Crippen LogP contribution in [0.3, 0.4) is 0 Å². The zero-order valence-electron chi connectivity index (χ0n) is 20.8. The predicted octanol–water partition coefficient (Wildman–Crippen LogP) is 4.84. The third-order valence-corrected chi connectivity index (χ3v) is 7.07. The van der Waals surface area contributed by atoms with Crippen molar-refractivity contribution in [2.45, 2.75) is 38.1 Å². The molecule has 0 amide bonds. The Bertz CT molecular complexity index is 1460. The fourth-order valence-electron chi connectivity index (χ4n) is 5.12. The largest absolute Gasteiger partial charge is 0.324 e. The monoisotopic (exact) mass is 502 g/mol. The molecule has 5 rings (SSSR count). The van der Waals surface area contributed by atoms with Gasteiger partial charge in [0, 0.05) is 41.0 Å². The number of aryl methyl sites for hydroxylation is 1. The van der Waals surface area contributed by atoms with E-state index in [0.717, 1.165) is 25.2 Å². The van der Waals surface area contributed by atoms with Gasteiger partial charge < -0.3 is 15.5 Å². The van der Waals surface area contributed by atoms with Crippen LogP contribution in [0.5, 0.6) is 0 Å². The summed E-state index contributed by atoms with van der Waals surface area (Å²) in [7, 11) is -0.159. The second kappa shape index (κ2) is 9.84. The lowest BCUT2D eigenvalue weighted by molar-refractivity contribution is 0.274. The number of nitrogens with one attached hydrogen (secondary N) is 2. The van der Waals surface area contributed by atoms with Crippen LogP contribution in [-0.4, -0.2) is 50.2 Å². The molecule has 3 aromatic rings. The Hall–Kier alpha value is -3.55. The van der Waals surface area contributed by atoms with Crippen molar-refractivity contribution < 1.29 is 4.21 Å². The van der Waals surface area contributed by atoms with Crippen LogP contribution in [0.15, 0.2) is 40.9 Å². The number of anilines is 4. The second-order valence-electron chi connectivity index (χ2n) is 9.82. The standard InChI is InChI=1S/C26H30N8OS/c1-34-15-18-8-5-4-7-17-11-21(12-19(16-34)24(17)18)29-26-28-14-20(13-27)25(32-26)31-22-9-6-10-23(30-22)33-36(2,3)35/h6,9-12,14,18H,4-5,7-8,15-16H2,1-3H3,(H2,28,29,30,31,32)/t18-/m0/s1. The van der Waals surface area contributed by atoms with Gasteiger partial charge in [0.2, 0.25) is 5.95 Å². The van der Waals surface area contributed by atoms with E-state index in [1.165, 1.54) is 36.6 Å². The molecule has 2 N–H and O–H groups in total. The van der Waals surface area contributed by atoms with Gasteiger partial charge in [-0.3, -0.25) is 0 Å². The summed E-state index contributed by atoms with van der Waals surface area (Å²) >= 11 is 0. The number of rotatable bonds is 5. The average Bonchev–Trinajstić information content (AvgIpc) is 3.01. The van der Waals surface area contributed by atoms with E-state index in [-0.39, 0.29) is 0 Å². The highest BCUT2D eigenvalue weighted by molar-refractivity contribution is 7.92. The quantitative estimate of drug-likeness (QED) is 0.508. The molecule has 3 heterocycles. The van der Waals surface area contributed by atoms with Crippen molar-refractivity contribution in [2.24, 2.45) is 4.36 Å². The van der Waals surface area contributed by atoms with Gasteiger partial charge in [0.1, 0.15) is 17.5 Å². The fraction of sp³-hybridized carbons (Fsp3) is 0.385. The molecule has 1 atom stereocenters. The van der Waals surface area contributed by atoms with Gasteiger partial charge in [0.15, 0.2) is 11.6 Å². The number of nitriles is 1. The van der Waals surface area contributed by atoms with Crippen molar-refractivity contribution in [3.05, 3.63) is 58.8 Å². The number of hydrogen-bond acceptors (Lipinski definition) is 9. The summed E-state index contributed by atoms with van der Waals surface area (Å²) < 4.78 is 16.2. The SMILES string of the molecule is CN1Cc2cc(Nc3ncc(C#N)c(Nc4cccc(N=S(C)(C)=O)n4)n3)cc3c2[C@@H](CCCC3)C1. The summed E-state index contributed by atoms with van der Waals surface area (Å²) in [6.45, 7) is 2.06. The zero-order valence-corrected chi connectivity index (χ0v) is 21.6. The number of hydrogen-bond donors (Lipinski definition) is 2. The van der Waals surface area contributed by atoms with Crippen molar-refractivity contribution in [1.29, 1.82) is 5.26 Å². The van der Waals surface area contributed by atoms with Crippen LogP contribution < -0.4 is 10.6 Å². The molecule has 10 heteroatoms. The first kappa shape index (κ1) is 24.2. The molecule has 0 spiro atoms. The molecule has 186 valence electrons. The molecule has 36 heavy (non-hydrogen) atoms. The molecule has 2 aromatic heterocycles. The smallest absolute Gasteiger partial charge is 0.229 e. The molecule has 0 saturated heterocycles. The minimum Gasteiger partial charge on any atom is -0.324 e. The minimum atomic E-state index is -2.34. The Labute approximate surface area is 212 Å². The van der Waals surface area contributed by atoms with Crippen LogP contribution in [0.25, 0.3) is 0 Å². The number of likely N-dealkylation sites (N-methyl/N-ethyl adjacent to an activating group) is 1. The summed E-state index contributed by atoms with van der Waals surface area (Å²) in [5, 5.41) is 16.0. The number of aromatic nitrogens is 3. The third-order valence-electron chi connectivity index (χ3n) is 6.44. The van der Waals surface area contributed by atoms with E-state index >= 15 is 0 Å². The maximum atomic E-state index is 12.0. The third kappa shape index (κ3) is 5.48. The van der Waals surface area contributed by atoms with Crippen LogP contribution in [0, 0.1) is 11.3 Å². The van der Waals surface area contributed by atoms with Gasteiger partial charge >= 0.3 is 0 Å². The van der Waals surface area contributed by atoms with Gasteiger partial charge in [-0.2, -0.15) is 14.6 Å². The van der Waals surface area contributed by atoms with E-state index in [4.69, 9.17) is 0 Å². The summed E-state index contributed by atoms with van der Waals surface area (Å²) in [6, 6.07) is 11.8. The highest BCUT2D eigenvalue weighted by Gasteiger charge is 2.28. The van der Waals surface area contributed by atoms with Gasteiger partial charge in [-0.1, -0.05) is 12.5 Å². The van der Waals surface area contributed by atoms with E-state index in [0.29, 0.717) is 34.9 Å². The van der Waals surface area contributed by atoms with Crippen LogP contribution in [0.1, 0.15) is 47.4 Å². The van der Waals surface area contributed by atoms with Crippen molar-refractivity contribution in [3.8, 4) is 6.07 Å². The number of nitrogens with zero attached hydrogens (tertiary/aromatic N) is 6. The summed E-state index contributed by atoms with van der Waals surface area (Å²) in [6.07, 6.45) is 9.42. The average molecular weight is 503 g/mol. The summed E-state index contributed by atoms with van der Waals surface area (Å²) in [5.74, 6) is 2.14. The molecule has 1 aromatic carbocycles. The second-order valence-corrected chi connectivity index (χ2v) is 12.4. The van der Waals surface area contributed by atoms with E-state index in [2.05, 4.69) is 60.1 Å². The lowest BCUT2D eigenvalue weighted by atomic mass is 9.84. The summed E-state index contributed by atoms with van der Waals surface area (Å²) in [4.78, 5) is 15.7. The molecular weight excluding hydrogens is 472 g/mol. The molecule has 0 radical (unpaired) electrons. The predicted molar refractivity (Wildman–Crippen MR) is 143 cm³/mol. The number of benzene rings is 1. The zero-order chi connectivity index (χ0) is 25.3. The fourth-order valence-corrected chi connectivity index (χ4v) is 5.67. The Morgan fingerprint density at radius 2 is 2.00 bits per heavy atom. The molecule has 0 fully saturated rings. The van der Waals surface area contributed by atoms with Crippen molar-refractivity contribution in [3.63, 3.8) is 0 Å². The lowest BCUT2D eigenvalue weighted by Gasteiger charge is -2.33. The van der Waals surface area contributed by atoms with E-state index in [9.17, 15) is 9.47 Å². The first-order valence-electron chi connectivity index (χ1n) is 12.1. The minimum absolute atomic E-state index is 0.293. The first-order valence-corrected chi connectivity index (χ1v) is 14.4. The highest BCUT2D eigenvalue weighted by Crippen LogP contribution is 2.39. The van der Waals surface area contributed by atoms with Gasteiger partial charge in [-0.15, -0.1) is 0 Å². The van der Waals surface area contributed by atoms with Gasteiger partial charge in [-0.05, 0) is 73.2 Å². The van der Waals surface area contributed by atoms with Crippen molar-refractivity contribution in [2.75, 3.05) is 36.7 Å². The molecule has 0 bridgehead atoms. The Morgan fingerprint density at radius 3 is 2.81 bits per heavy atom. The van der Waals surface area contributed by atoms with E-state index < -0.39 is 9.73 Å². The Kier molecular flexibility index (Phi) is 6.60. The van der Waals surface area contributed by atoms with Crippen LogP contribution in [0.4, 0.5) is 29.1 Å². The maximum Gasteiger partial charge on any atom is 0.229 e. The molecule has 0 unspecified atom stereocenters. The molecule has 2 aliphatic rings. The lowest BCUT2D eigenvalue weighted by Crippen LogP contribution is -2.30. The Morgan fingerprint density at radius 1 is 1.17 bits per heavy atom. The maximum absolute atomic E-state index is 12.0. The molecule has 1 aliphatic heterocycles. The molecule has 1 aliphatic carbocycles. The van der Waals surface area contributed by atoms with Gasteiger partial charge in [0.25, 0.3) is 0 Å². The van der Waals surface area contributed by atoms with Crippen molar-refractivity contribution in [1.82, 2.24) is 19.9 Å². The van der Waals surface area contributed by atoms with Crippen LogP contribution in [-0.2, 0) is 22.7 Å². The molecular formula is C26H30N8OS. The highest BCUT2D eigenvalue weighted by atomic mass is 32.2. The van der Waals surface area contributed by atoms with Crippen LogP contribution in [0.2, 0.25) is 0 Å². The Balaban J connectivity index is 1.44. The number of pyridine rings is 1. The van der Waals surface area contributed by atoms with Crippen LogP contribution >= 0.6 is 0 Å². The topological polar surface area (TPSA) is 119 Å². The van der Waals surface area contributed by atoms with Gasteiger partial charge in [0.05, 0.1) is 6.20 Å². The van der Waals surface area contributed by atoms with Crippen molar-refractivity contribution >= 4 is 38.8 Å². The normalized spacial score (nSPS) is 17.4. The van der Waals surface area contributed by atoms with Gasteiger partial charge in [-0.25, -0.2) is 14.2 Å². The van der Waals surface area contributed by atoms with E-state index in [1.54, 1.807) is 36.3 Å². The van der Waals surface area contributed by atoms with E-state index in [1.807, 2.05) is 0 Å². The first-order chi connectivity index (χ1) is 17.3. The molecule has 9 nitrogen and oxygen atoms in total. The molecule has 0 saturated carbocycles. The summed E-state index contributed by atoms with van der Waals surface area (Å²) in [5.41, 5.74) is 5.58.